The van der Waals surface area contributed by atoms with E-state index in [2.05, 4.69) is 38.7 Å². The summed E-state index contributed by atoms with van der Waals surface area (Å²) in [6.07, 6.45) is 8.12. The van der Waals surface area contributed by atoms with E-state index in [-0.39, 0.29) is 0 Å². The summed E-state index contributed by atoms with van der Waals surface area (Å²) < 4.78 is 0. The van der Waals surface area contributed by atoms with Crippen molar-refractivity contribution in [2.75, 3.05) is 13.1 Å². The van der Waals surface area contributed by atoms with Crippen LogP contribution in [0, 0.1) is 17.8 Å². The minimum absolute atomic E-state index is 0.732. The van der Waals surface area contributed by atoms with Crippen LogP contribution in [0.4, 0.5) is 0 Å². The second-order valence-electron chi connectivity index (χ2n) is 6.71. The quantitative estimate of drug-likeness (QED) is 0.651. The second kappa shape index (κ2) is 5.56. The number of allylic oxidation sites excluding steroid dienone is 2. The zero-order valence-electron chi connectivity index (χ0n) is 12.1. The number of hydrogen-bond acceptors (Lipinski definition) is 1. The van der Waals surface area contributed by atoms with Gasteiger partial charge in [-0.15, -0.1) is 0 Å². The molecule has 2 rings (SSSR count). The van der Waals surface area contributed by atoms with Gasteiger partial charge in [0.2, 0.25) is 0 Å². The molecule has 0 N–H and O–H groups in total. The summed E-state index contributed by atoms with van der Waals surface area (Å²) in [5, 5.41) is 0. The SMILES string of the molecule is CC(C)C=C1CCC2CN(C(C)C)CC2CC1. The van der Waals surface area contributed by atoms with Crippen LogP contribution in [-0.4, -0.2) is 24.0 Å². The zero-order valence-corrected chi connectivity index (χ0v) is 12.1. The van der Waals surface area contributed by atoms with Crippen molar-refractivity contribution in [1.29, 1.82) is 0 Å². The molecule has 17 heavy (non-hydrogen) atoms. The molecule has 0 aromatic heterocycles. The van der Waals surface area contributed by atoms with E-state index in [1.807, 2.05) is 0 Å². The van der Waals surface area contributed by atoms with E-state index in [0.717, 1.165) is 23.8 Å². The molecule has 98 valence electrons. The number of hydrogen-bond donors (Lipinski definition) is 0. The molecule has 1 heteroatoms. The maximum atomic E-state index is 2.69. The maximum Gasteiger partial charge on any atom is 0.00388 e. The molecule has 1 saturated heterocycles. The fraction of sp³-hybridized carbons (Fsp3) is 0.875. The zero-order chi connectivity index (χ0) is 12.4. The third-order valence-corrected chi connectivity index (χ3v) is 4.58. The van der Waals surface area contributed by atoms with Gasteiger partial charge >= 0.3 is 0 Å². The lowest BCUT2D eigenvalue weighted by Crippen LogP contribution is -2.28. The lowest BCUT2D eigenvalue weighted by atomic mass is 9.92. The van der Waals surface area contributed by atoms with Crippen molar-refractivity contribution >= 4 is 0 Å². The molecule has 0 spiro atoms. The fourth-order valence-corrected chi connectivity index (χ4v) is 3.56. The van der Waals surface area contributed by atoms with E-state index in [4.69, 9.17) is 0 Å². The molecular formula is C16H29N. The normalized spacial score (nSPS) is 30.8. The van der Waals surface area contributed by atoms with Crippen LogP contribution in [0.5, 0.6) is 0 Å². The summed E-state index contributed by atoms with van der Waals surface area (Å²) in [4.78, 5) is 2.69. The number of likely N-dealkylation sites (tertiary alicyclic amines) is 1. The van der Waals surface area contributed by atoms with Crippen molar-refractivity contribution in [3.8, 4) is 0 Å². The third kappa shape index (κ3) is 3.34. The Labute approximate surface area is 107 Å². The molecule has 2 unspecified atom stereocenters. The van der Waals surface area contributed by atoms with Crippen LogP contribution < -0.4 is 0 Å². The van der Waals surface area contributed by atoms with Gasteiger partial charge in [0.05, 0.1) is 0 Å². The topological polar surface area (TPSA) is 3.24 Å². The Morgan fingerprint density at radius 1 is 1.00 bits per heavy atom. The minimum Gasteiger partial charge on any atom is -0.300 e. The van der Waals surface area contributed by atoms with Gasteiger partial charge in [0.15, 0.2) is 0 Å². The first-order chi connectivity index (χ1) is 8.06. The number of nitrogens with zero attached hydrogens (tertiary/aromatic N) is 1. The first-order valence-corrected chi connectivity index (χ1v) is 7.50. The molecule has 2 aliphatic rings. The molecule has 0 bridgehead atoms. The van der Waals surface area contributed by atoms with E-state index in [1.54, 1.807) is 5.57 Å². The van der Waals surface area contributed by atoms with Crippen molar-refractivity contribution in [1.82, 2.24) is 4.90 Å². The van der Waals surface area contributed by atoms with Gasteiger partial charge in [-0.05, 0) is 57.3 Å². The monoisotopic (exact) mass is 235 g/mol. The van der Waals surface area contributed by atoms with Crippen molar-refractivity contribution in [3.05, 3.63) is 11.6 Å². The van der Waals surface area contributed by atoms with Crippen molar-refractivity contribution in [3.63, 3.8) is 0 Å². The standard InChI is InChI=1S/C16H29N/c1-12(2)9-14-5-7-15-10-17(13(3)4)11-16(15)8-6-14/h9,12-13,15-16H,5-8,10-11H2,1-4H3. The minimum atomic E-state index is 0.732. The van der Waals surface area contributed by atoms with E-state index in [0.29, 0.717) is 0 Å². The largest absolute Gasteiger partial charge is 0.300 e. The van der Waals surface area contributed by atoms with Gasteiger partial charge in [-0.3, -0.25) is 0 Å². The summed E-state index contributed by atoms with van der Waals surface area (Å²) in [6.45, 7) is 12.0. The molecule has 0 amide bonds. The average Bonchev–Trinajstić information content (AvgIpc) is 2.57. The van der Waals surface area contributed by atoms with E-state index >= 15 is 0 Å². The Bertz CT molecular complexity index is 259. The Kier molecular flexibility index (Phi) is 4.30. The summed E-state index contributed by atoms with van der Waals surface area (Å²) in [5.41, 5.74) is 1.74. The molecule has 2 fully saturated rings. The van der Waals surface area contributed by atoms with E-state index in [9.17, 15) is 0 Å². The number of rotatable bonds is 2. The highest BCUT2D eigenvalue weighted by atomic mass is 15.2. The lowest BCUT2D eigenvalue weighted by molar-refractivity contribution is 0.258. The fourth-order valence-electron chi connectivity index (χ4n) is 3.56. The molecule has 1 heterocycles. The lowest BCUT2D eigenvalue weighted by Gasteiger charge is -2.20. The van der Waals surface area contributed by atoms with Gasteiger partial charge in [0.1, 0.15) is 0 Å². The summed E-state index contributed by atoms with van der Waals surface area (Å²) in [5.74, 6) is 2.70. The van der Waals surface area contributed by atoms with Crippen LogP contribution in [0.25, 0.3) is 0 Å². The average molecular weight is 235 g/mol. The molecular weight excluding hydrogens is 206 g/mol. The summed E-state index contributed by atoms with van der Waals surface area (Å²) in [7, 11) is 0. The molecule has 1 aliphatic heterocycles. The molecule has 2 atom stereocenters. The van der Waals surface area contributed by atoms with Crippen LogP contribution in [0.15, 0.2) is 11.6 Å². The predicted molar refractivity (Wildman–Crippen MR) is 75.1 cm³/mol. The third-order valence-electron chi connectivity index (χ3n) is 4.58. The van der Waals surface area contributed by atoms with Crippen LogP contribution in [-0.2, 0) is 0 Å². The smallest absolute Gasteiger partial charge is 0.00388 e. The summed E-state index contributed by atoms with van der Waals surface area (Å²) in [6, 6.07) is 0.743. The van der Waals surface area contributed by atoms with E-state index < -0.39 is 0 Å². The molecule has 0 aromatic rings. The molecule has 0 aromatic carbocycles. The van der Waals surface area contributed by atoms with Crippen molar-refractivity contribution in [2.24, 2.45) is 17.8 Å². The Morgan fingerprint density at radius 3 is 1.94 bits per heavy atom. The second-order valence-corrected chi connectivity index (χ2v) is 6.71. The van der Waals surface area contributed by atoms with Gasteiger partial charge < -0.3 is 4.90 Å². The van der Waals surface area contributed by atoms with Crippen molar-refractivity contribution < 1.29 is 0 Å². The van der Waals surface area contributed by atoms with Crippen LogP contribution >= 0.6 is 0 Å². The van der Waals surface area contributed by atoms with Crippen LogP contribution in [0.3, 0.4) is 0 Å². The van der Waals surface area contributed by atoms with Gasteiger partial charge in [-0.2, -0.15) is 0 Å². The van der Waals surface area contributed by atoms with Gasteiger partial charge in [0.25, 0.3) is 0 Å². The first kappa shape index (κ1) is 13.1. The predicted octanol–water partition coefficient (Wildman–Crippen LogP) is 4.10. The molecule has 1 saturated carbocycles. The molecule has 1 nitrogen and oxygen atoms in total. The van der Waals surface area contributed by atoms with Crippen LogP contribution in [0.1, 0.15) is 53.4 Å². The molecule has 1 aliphatic carbocycles. The number of fused-ring (bicyclic) bond motifs is 1. The summed E-state index contributed by atoms with van der Waals surface area (Å²) >= 11 is 0. The highest BCUT2D eigenvalue weighted by Gasteiger charge is 2.34. The van der Waals surface area contributed by atoms with Gasteiger partial charge in [-0.1, -0.05) is 25.5 Å². The highest BCUT2D eigenvalue weighted by molar-refractivity contribution is 5.07. The van der Waals surface area contributed by atoms with Crippen molar-refractivity contribution in [2.45, 2.75) is 59.4 Å². The first-order valence-electron chi connectivity index (χ1n) is 7.50. The van der Waals surface area contributed by atoms with Gasteiger partial charge in [-0.25, -0.2) is 0 Å². The van der Waals surface area contributed by atoms with Gasteiger partial charge in [0, 0.05) is 19.1 Å². The Balaban J connectivity index is 1.93. The highest BCUT2D eigenvalue weighted by Crippen LogP contribution is 2.37. The van der Waals surface area contributed by atoms with E-state index in [1.165, 1.54) is 38.8 Å². The maximum absolute atomic E-state index is 2.69. The van der Waals surface area contributed by atoms with Crippen LogP contribution in [0.2, 0.25) is 0 Å². The Morgan fingerprint density at radius 2 is 1.53 bits per heavy atom. The Hall–Kier alpha value is -0.300. The molecule has 0 radical (unpaired) electrons.